The molecule has 0 unspecified atom stereocenters. The van der Waals surface area contributed by atoms with Crippen molar-refractivity contribution in [1.82, 2.24) is 0 Å². The number of sulfonamides is 2. The highest BCUT2D eigenvalue weighted by Gasteiger charge is 2.29. The summed E-state index contributed by atoms with van der Waals surface area (Å²) in [6.45, 7) is 2.43. The molecule has 1 aliphatic rings. The van der Waals surface area contributed by atoms with Gasteiger partial charge in [-0.15, -0.1) is 0 Å². The van der Waals surface area contributed by atoms with Crippen molar-refractivity contribution in [2.24, 2.45) is 0 Å². The average molecular weight is 501 g/mol. The summed E-state index contributed by atoms with van der Waals surface area (Å²) in [6, 6.07) is 18.1. The predicted molar refractivity (Wildman–Crippen MR) is 134 cm³/mol. The van der Waals surface area contributed by atoms with Crippen LogP contribution in [0.4, 0.5) is 11.4 Å². The van der Waals surface area contributed by atoms with E-state index >= 15 is 0 Å². The molecule has 4 rings (SSSR count). The van der Waals surface area contributed by atoms with Crippen LogP contribution in [0.5, 0.6) is 5.75 Å². The second-order valence-corrected chi connectivity index (χ2v) is 11.7. The van der Waals surface area contributed by atoms with Crippen LogP contribution in [0, 0.1) is 0 Å². The third-order valence-corrected chi connectivity index (χ3v) is 9.05. The lowest BCUT2D eigenvalue weighted by Crippen LogP contribution is -2.35. The van der Waals surface area contributed by atoms with Gasteiger partial charge in [-0.1, -0.05) is 25.5 Å². The molecule has 180 valence electrons. The maximum Gasteiger partial charge on any atom is 0.264 e. The Kier molecular flexibility index (Phi) is 6.86. The quantitative estimate of drug-likeness (QED) is 0.488. The molecule has 1 aliphatic heterocycles. The molecule has 3 aromatic rings. The standard InChI is InChI=1S/C25H28N2O5S2/c1-3-5-19-7-12-23(13-8-19)33(28,29)26-21-9-16-25-20(18-21)6-4-17-27(25)34(30,31)24-14-10-22(32-2)11-15-24/h7-16,18,26H,3-6,17H2,1-2H3. The fourth-order valence-corrected chi connectivity index (χ4v) is 6.68. The third kappa shape index (κ3) is 4.90. The first-order chi connectivity index (χ1) is 16.2. The average Bonchev–Trinajstić information content (AvgIpc) is 2.84. The topological polar surface area (TPSA) is 92.8 Å². The normalized spacial score (nSPS) is 13.9. The number of methoxy groups -OCH3 is 1. The SMILES string of the molecule is CCCc1ccc(S(=O)(=O)Nc2ccc3c(c2)CCCN3S(=O)(=O)c2ccc(OC)cc2)cc1. The van der Waals surface area contributed by atoms with Crippen LogP contribution in [0.15, 0.2) is 76.5 Å². The number of benzene rings is 3. The maximum absolute atomic E-state index is 13.3. The molecule has 1 N–H and O–H groups in total. The van der Waals surface area contributed by atoms with E-state index < -0.39 is 20.0 Å². The number of ether oxygens (including phenoxy) is 1. The summed E-state index contributed by atoms with van der Waals surface area (Å²) in [6.07, 6.45) is 3.18. The van der Waals surface area contributed by atoms with Crippen molar-refractivity contribution in [3.05, 3.63) is 77.9 Å². The van der Waals surface area contributed by atoms with Gasteiger partial charge in [-0.2, -0.15) is 0 Å². The number of fused-ring (bicyclic) bond motifs is 1. The van der Waals surface area contributed by atoms with Crippen LogP contribution in [-0.2, 0) is 32.9 Å². The molecule has 0 spiro atoms. The molecule has 0 radical (unpaired) electrons. The van der Waals surface area contributed by atoms with E-state index in [1.54, 1.807) is 42.5 Å². The Morgan fingerprint density at radius 2 is 1.59 bits per heavy atom. The Bertz CT molecular complexity index is 1370. The fourth-order valence-electron chi connectivity index (χ4n) is 4.09. The van der Waals surface area contributed by atoms with Gasteiger partial charge in [0, 0.05) is 12.2 Å². The summed E-state index contributed by atoms with van der Waals surface area (Å²) in [5, 5.41) is 0. The number of anilines is 2. The lowest BCUT2D eigenvalue weighted by Gasteiger charge is -2.31. The summed E-state index contributed by atoms with van der Waals surface area (Å²) in [5.41, 5.74) is 2.84. The first-order valence-electron chi connectivity index (χ1n) is 11.2. The van der Waals surface area contributed by atoms with Crippen molar-refractivity contribution in [2.75, 3.05) is 22.7 Å². The van der Waals surface area contributed by atoms with E-state index in [0.717, 1.165) is 24.0 Å². The molecule has 0 bridgehead atoms. The van der Waals surface area contributed by atoms with Crippen molar-refractivity contribution in [2.45, 2.75) is 42.4 Å². The summed E-state index contributed by atoms with van der Waals surface area (Å²) in [7, 11) is -5.99. The number of nitrogens with one attached hydrogen (secondary N) is 1. The largest absolute Gasteiger partial charge is 0.497 e. The van der Waals surface area contributed by atoms with Gasteiger partial charge in [0.2, 0.25) is 0 Å². The summed E-state index contributed by atoms with van der Waals surface area (Å²) in [5.74, 6) is 0.579. The Morgan fingerprint density at radius 1 is 0.912 bits per heavy atom. The van der Waals surface area contributed by atoms with Gasteiger partial charge in [-0.3, -0.25) is 9.03 Å². The molecule has 0 saturated heterocycles. The van der Waals surface area contributed by atoms with Crippen molar-refractivity contribution in [3.8, 4) is 5.75 Å². The smallest absolute Gasteiger partial charge is 0.264 e. The monoisotopic (exact) mass is 500 g/mol. The molecular weight excluding hydrogens is 472 g/mol. The van der Waals surface area contributed by atoms with Gasteiger partial charge in [0.25, 0.3) is 20.0 Å². The molecule has 34 heavy (non-hydrogen) atoms. The van der Waals surface area contributed by atoms with E-state index in [1.807, 2.05) is 12.1 Å². The Balaban J connectivity index is 1.59. The third-order valence-electron chi connectivity index (χ3n) is 5.83. The number of rotatable bonds is 8. The molecule has 0 atom stereocenters. The minimum atomic E-state index is -3.76. The van der Waals surface area contributed by atoms with Gasteiger partial charge in [0.15, 0.2) is 0 Å². The van der Waals surface area contributed by atoms with E-state index in [4.69, 9.17) is 4.74 Å². The van der Waals surface area contributed by atoms with Gasteiger partial charge in [-0.05, 0) is 85.0 Å². The number of hydrogen-bond donors (Lipinski definition) is 1. The minimum Gasteiger partial charge on any atom is -0.497 e. The highest BCUT2D eigenvalue weighted by molar-refractivity contribution is 7.93. The van der Waals surface area contributed by atoms with Gasteiger partial charge < -0.3 is 4.74 Å². The van der Waals surface area contributed by atoms with Crippen molar-refractivity contribution >= 4 is 31.4 Å². The summed E-state index contributed by atoms with van der Waals surface area (Å²) >= 11 is 0. The van der Waals surface area contributed by atoms with Crippen molar-refractivity contribution in [1.29, 1.82) is 0 Å². The second kappa shape index (κ2) is 9.68. The molecule has 0 amide bonds. The molecular formula is C25H28N2O5S2. The van der Waals surface area contributed by atoms with Crippen molar-refractivity contribution < 1.29 is 21.6 Å². The lowest BCUT2D eigenvalue weighted by molar-refractivity contribution is 0.414. The van der Waals surface area contributed by atoms with E-state index in [9.17, 15) is 16.8 Å². The second-order valence-electron chi connectivity index (χ2n) is 8.20. The fraction of sp³-hybridized carbons (Fsp3) is 0.280. The first-order valence-corrected chi connectivity index (χ1v) is 14.1. The number of aryl methyl sites for hydroxylation is 2. The lowest BCUT2D eigenvalue weighted by atomic mass is 10.0. The molecule has 1 heterocycles. The number of hydrogen-bond acceptors (Lipinski definition) is 5. The Hall–Kier alpha value is -3.04. The highest BCUT2D eigenvalue weighted by Crippen LogP contribution is 2.34. The van der Waals surface area contributed by atoms with Crippen LogP contribution in [0.3, 0.4) is 0 Å². The van der Waals surface area contributed by atoms with E-state index in [1.165, 1.54) is 23.5 Å². The molecule has 0 aromatic heterocycles. The minimum absolute atomic E-state index is 0.178. The van der Waals surface area contributed by atoms with E-state index in [0.29, 0.717) is 36.5 Å². The van der Waals surface area contributed by atoms with Gasteiger partial charge in [0.1, 0.15) is 5.75 Å². The van der Waals surface area contributed by atoms with Crippen LogP contribution < -0.4 is 13.8 Å². The zero-order chi connectivity index (χ0) is 24.3. The summed E-state index contributed by atoms with van der Waals surface area (Å²) < 4.78 is 61.5. The van der Waals surface area contributed by atoms with Crippen molar-refractivity contribution in [3.63, 3.8) is 0 Å². The van der Waals surface area contributed by atoms with Crippen LogP contribution in [0.2, 0.25) is 0 Å². The highest BCUT2D eigenvalue weighted by atomic mass is 32.2. The summed E-state index contributed by atoms with van der Waals surface area (Å²) in [4.78, 5) is 0.367. The molecule has 0 aliphatic carbocycles. The molecule has 3 aromatic carbocycles. The Labute approximate surface area is 201 Å². The Morgan fingerprint density at radius 3 is 2.24 bits per heavy atom. The zero-order valence-electron chi connectivity index (χ0n) is 19.2. The van der Waals surface area contributed by atoms with Crippen LogP contribution in [0.1, 0.15) is 30.9 Å². The van der Waals surface area contributed by atoms with Gasteiger partial charge >= 0.3 is 0 Å². The molecule has 0 saturated carbocycles. The number of nitrogens with zero attached hydrogens (tertiary/aromatic N) is 1. The molecule has 7 nitrogen and oxygen atoms in total. The van der Waals surface area contributed by atoms with E-state index in [2.05, 4.69) is 11.6 Å². The van der Waals surface area contributed by atoms with Gasteiger partial charge in [-0.25, -0.2) is 16.8 Å². The maximum atomic E-state index is 13.3. The molecule has 0 fully saturated rings. The van der Waals surface area contributed by atoms with Crippen LogP contribution >= 0.6 is 0 Å². The molecule has 9 heteroatoms. The van der Waals surface area contributed by atoms with Gasteiger partial charge in [0.05, 0.1) is 22.6 Å². The van der Waals surface area contributed by atoms with E-state index in [-0.39, 0.29) is 9.79 Å². The predicted octanol–water partition coefficient (Wildman–Crippen LogP) is 4.59. The van der Waals surface area contributed by atoms with Crippen LogP contribution in [0.25, 0.3) is 0 Å². The van der Waals surface area contributed by atoms with Crippen LogP contribution in [-0.4, -0.2) is 30.5 Å². The zero-order valence-corrected chi connectivity index (χ0v) is 20.8. The first kappa shape index (κ1) is 24.1.